The first kappa shape index (κ1) is 14.4. The molecule has 1 saturated heterocycles. The molecule has 1 aliphatic heterocycles. The molecule has 3 amide bonds. The topological polar surface area (TPSA) is 92.2 Å². The van der Waals surface area contributed by atoms with Crippen LogP contribution < -0.4 is 10.6 Å². The molecule has 20 heavy (non-hydrogen) atoms. The van der Waals surface area contributed by atoms with Gasteiger partial charge in [-0.2, -0.15) is 0 Å². The zero-order valence-corrected chi connectivity index (χ0v) is 11.8. The lowest BCUT2D eigenvalue weighted by atomic mass is 10.2. The average Bonchev–Trinajstić information content (AvgIpc) is 2.98. The van der Waals surface area contributed by atoms with E-state index in [0.717, 1.165) is 12.2 Å². The summed E-state index contributed by atoms with van der Waals surface area (Å²) in [6, 6.07) is -0.339. The number of aromatic nitrogens is 3. The highest BCUT2D eigenvalue weighted by molar-refractivity contribution is 5.95. The molecule has 0 radical (unpaired) electrons. The molecule has 2 rings (SSSR count). The van der Waals surface area contributed by atoms with Gasteiger partial charge in [0.2, 0.25) is 0 Å². The fourth-order valence-corrected chi connectivity index (χ4v) is 1.92. The molecule has 0 atom stereocenters. The zero-order valence-electron chi connectivity index (χ0n) is 11.8. The quantitative estimate of drug-likeness (QED) is 0.738. The molecule has 1 aliphatic rings. The van der Waals surface area contributed by atoms with Crippen LogP contribution in [0.1, 0.15) is 19.5 Å². The van der Waals surface area contributed by atoms with Gasteiger partial charge in [0, 0.05) is 19.6 Å². The smallest absolute Gasteiger partial charge is 0.324 e. The number of rotatable bonds is 6. The third-order valence-corrected chi connectivity index (χ3v) is 2.90. The van der Waals surface area contributed by atoms with E-state index in [2.05, 4.69) is 34.8 Å². The van der Waals surface area contributed by atoms with E-state index in [0.29, 0.717) is 25.6 Å². The van der Waals surface area contributed by atoms with Crippen LogP contribution >= 0.6 is 0 Å². The minimum absolute atomic E-state index is 0.0323. The van der Waals surface area contributed by atoms with Gasteiger partial charge in [-0.1, -0.05) is 19.1 Å². The van der Waals surface area contributed by atoms with Gasteiger partial charge in [-0.25, -0.2) is 9.48 Å². The van der Waals surface area contributed by atoms with Crippen LogP contribution in [-0.2, 0) is 17.9 Å². The summed E-state index contributed by atoms with van der Waals surface area (Å²) in [5.74, 6) is 0.298. The van der Waals surface area contributed by atoms with Crippen molar-refractivity contribution in [3.05, 3.63) is 11.9 Å². The standard InChI is InChI=1S/C12H20N6O2/c1-9(2)5-13-6-10-7-17(16-15-10)8-11(19)18-4-3-14-12(18)20/h7,9,13H,3-6,8H2,1-2H3,(H,14,20). The number of urea groups is 1. The van der Waals surface area contributed by atoms with Crippen molar-refractivity contribution in [2.24, 2.45) is 5.92 Å². The van der Waals surface area contributed by atoms with E-state index in [1.165, 1.54) is 9.58 Å². The molecular weight excluding hydrogens is 260 g/mol. The van der Waals surface area contributed by atoms with Crippen molar-refractivity contribution in [3.63, 3.8) is 0 Å². The zero-order chi connectivity index (χ0) is 14.5. The van der Waals surface area contributed by atoms with Crippen LogP contribution in [0.3, 0.4) is 0 Å². The Balaban J connectivity index is 1.83. The average molecular weight is 280 g/mol. The summed E-state index contributed by atoms with van der Waals surface area (Å²) in [7, 11) is 0. The molecule has 0 bridgehead atoms. The largest absolute Gasteiger partial charge is 0.336 e. The van der Waals surface area contributed by atoms with E-state index in [1.807, 2.05) is 0 Å². The van der Waals surface area contributed by atoms with Gasteiger partial charge in [-0.15, -0.1) is 5.10 Å². The van der Waals surface area contributed by atoms with Crippen LogP contribution in [0, 0.1) is 5.92 Å². The molecule has 8 nitrogen and oxygen atoms in total. The Labute approximate surface area is 117 Å². The second-order valence-electron chi connectivity index (χ2n) is 5.21. The Hall–Kier alpha value is -1.96. The Kier molecular flexibility index (Phi) is 4.67. The summed E-state index contributed by atoms with van der Waals surface area (Å²) in [6.07, 6.45) is 1.72. The van der Waals surface area contributed by atoms with Crippen molar-refractivity contribution >= 4 is 11.9 Å². The number of carbonyl (C=O) groups is 2. The van der Waals surface area contributed by atoms with Crippen molar-refractivity contribution in [2.45, 2.75) is 26.9 Å². The number of nitrogens with zero attached hydrogens (tertiary/aromatic N) is 4. The van der Waals surface area contributed by atoms with Gasteiger partial charge in [0.25, 0.3) is 5.91 Å². The maximum atomic E-state index is 11.9. The van der Waals surface area contributed by atoms with Crippen molar-refractivity contribution in [2.75, 3.05) is 19.6 Å². The van der Waals surface area contributed by atoms with E-state index >= 15 is 0 Å². The molecule has 0 aromatic carbocycles. The summed E-state index contributed by atoms with van der Waals surface area (Å²) >= 11 is 0. The molecule has 0 spiro atoms. The van der Waals surface area contributed by atoms with Crippen LogP contribution in [0.5, 0.6) is 0 Å². The van der Waals surface area contributed by atoms with E-state index in [1.54, 1.807) is 6.20 Å². The predicted molar refractivity (Wildman–Crippen MR) is 71.7 cm³/mol. The van der Waals surface area contributed by atoms with Gasteiger partial charge in [0.05, 0.1) is 11.9 Å². The fraction of sp³-hybridized carbons (Fsp3) is 0.667. The summed E-state index contributed by atoms with van der Waals surface area (Å²) in [5, 5.41) is 13.7. The maximum Gasteiger partial charge on any atom is 0.324 e. The molecule has 1 aromatic rings. The molecule has 8 heteroatoms. The Morgan fingerprint density at radius 2 is 2.35 bits per heavy atom. The van der Waals surface area contributed by atoms with E-state index in [-0.39, 0.29) is 18.5 Å². The number of nitrogens with one attached hydrogen (secondary N) is 2. The lowest BCUT2D eigenvalue weighted by Gasteiger charge is -2.11. The summed E-state index contributed by atoms with van der Waals surface area (Å²) in [5.41, 5.74) is 0.782. The Morgan fingerprint density at radius 3 is 3.00 bits per heavy atom. The monoisotopic (exact) mass is 280 g/mol. The normalized spacial score (nSPS) is 14.9. The molecule has 110 valence electrons. The van der Waals surface area contributed by atoms with Crippen LogP contribution in [0.2, 0.25) is 0 Å². The first-order valence-electron chi connectivity index (χ1n) is 6.74. The van der Waals surface area contributed by atoms with Crippen molar-refractivity contribution in [1.29, 1.82) is 0 Å². The number of hydrogen-bond donors (Lipinski definition) is 2. The molecule has 0 aliphatic carbocycles. The first-order chi connectivity index (χ1) is 9.56. The van der Waals surface area contributed by atoms with E-state index in [4.69, 9.17) is 0 Å². The first-order valence-corrected chi connectivity index (χ1v) is 6.74. The highest BCUT2D eigenvalue weighted by atomic mass is 16.2. The highest BCUT2D eigenvalue weighted by Crippen LogP contribution is 2.00. The lowest BCUT2D eigenvalue weighted by molar-refractivity contribution is -0.128. The van der Waals surface area contributed by atoms with Crippen molar-refractivity contribution in [1.82, 2.24) is 30.5 Å². The number of amides is 3. The number of hydrogen-bond acceptors (Lipinski definition) is 5. The molecular formula is C12H20N6O2. The SMILES string of the molecule is CC(C)CNCc1cn(CC(=O)N2CCNC2=O)nn1. The Bertz CT molecular complexity index is 484. The van der Waals surface area contributed by atoms with Gasteiger partial charge in [0.15, 0.2) is 0 Å². The molecule has 2 heterocycles. The van der Waals surface area contributed by atoms with Gasteiger partial charge in [0.1, 0.15) is 6.54 Å². The minimum Gasteiger partial charge on any atom is -0.336 e. The second-order valence-corrected chi connectivity index (χ2v) is 5.21. The van der Waals surface area contributed by atoms with Crippen LogP contribution in [0.15, 0.2) is 6.20 Å². The Morgan fingerprint density at radius 1 is 1.55 bits per heavy atom. The van der Waals surface area contributed by atoms with Crippen LogP contribution in [-0.4, -0.2) is 51.5 Å². The third kappa shape index (κ3) is 3.77. The molecule has 1 aromatic heterocycles. The predicted octanol–water partition coefficient (Wildman–Crippen LogP) is -0.424. The molecule has 0 unspecified atom stereocenters. The fourth-order valence-electron chi connectivity index (χ4n) is 1.92. The number of carbonyl (C=O) groups excluding carboxylic acids is 2. The number of imide groups is 1. The van der Waals surface area contributed by atoms with Gasteiger partial charge >= 0.3 is 6.03 Å². The lowest BCUT2D eigenvalue weighted by Crippen LogP contribution is -2.36. The van der Waals surface area contributed by atoms with E-state index in [9.17, 15) is 9.59 Å². The minimum atomic E-state index is -0.339. The van der Waals surface area contributed by atoms with Gasteiger partial charge < -0.3 is 10.6 Å². The highest BCUT2D eigenvalue weighted by Gasteiger charge is 2.26. The third-order valence-electron chi connectivity index (χ3n) is 2.90. The van der Waals surface area contributed by atoms with Gasteiger partial charge in [-0.3, -0.25) is 9.69 Å². The van der Waals surface area contributed by atoms with Crippen LogP contribution in [0.25, 0.3) is 0 Å². The molecule has 1 fully saturated rings. The summed E-state index contributed by atoms with van der Waals surface area (Å²) in [6.45, 7) is 6.73. The second kappa shape index (κ2) is 6.47. The molecule has 0 saturated carbocycles. The maximum absolute atomic E-state index is 11.9. The van der Waals surface area contributed by atoms with Crippen molar-refractivity contribution in [3.8, 4) is 0 Å². The van der Waals surface area contributed by atoms with Crippen LogP contribution in [0.4, 0.5) is 4.79 Å². The molecule has 2 N–H and O–H groups in total. The van der Waals surface area contributed by atoms with Crippen molar-refractivity contribution < 1.29 is 9.59 Å². The summed E-state index contributed by atoms with van der Waals surface area (Å²) < 4.78 is 1.46. The summed E-state index contributed by atoms with van der Waals surface area (Å²) in [4.78, 5) is 24.4. The van der Waals surface area contributed by atoms with Gasteiger partial charge in [-0.05, 0) is 12.5 Å². The van der Waals surface area contributed by atoms with E-state index < -0.39 is 0 Å².